The Balaban J connectivity index is 2.47. The van der Waals surface area contributed by atoms with Crippen LogP contribution in [0.4, 0.5) is 11.6 Å². The summed E-state index contributed by atoms with van der Waals surface area (Å²) in [7, 11) is 0. The number of hydrogen-bond acceptors (Lipinski definition) is 6. The molecule has 0 aliphatic carbocycles. The molecule has 0 fully saturated rings. The number of ether oxygens (including phenoxy) is 1. The van der Waals surface area contributed by atoms with Crippen molar-refractivity contribution in [2.45, 2.75) is 0 Å². The van der Waals surface area contributed by atoms with Gasteiger partial charge in [0.15, 0.2) is 0 Å². The minimum atomic E-state index is -0.663. The van der Waals surface area contributed by atoms with Crippen LogP contribution < -0.4 is 10.5 Å². The Kier molecular flexibility index (Phi) is 4.12. The molecule has 2 aromatic rings. The number of nitrogens with two attached hydrogens (primary N) is 1. The van der Waals surface area contributed by atoms with Crippen LogP contribution in [0.25, 0.3) is 0 Å². The van der Waals surface area contributed by atoms with Gasteiger partial charge in [-0.1, -0.05) is 34.8 Å². The predicted molar refractivity (Wildman–Crippen MR) is 74.6 cm³/mol. The van der Waals surface area contributed by atoms with E-state index in [1.807, 2.05) is 0 Å². The third-order valence-electron chi connectivity index (χ3n) is 2.10. The summed E-state index contributed by atoms with van der Waals surface area (Å²) in [5, 5.41) is 11.1. The predicted octanol–water partition coefficient (Wildman–Crippen LogP) is 3.72. The SMILES string of the molecule is Nc1nc(Cl)cc(Oc2cc(Cl)c(Cl)cc2[N+](=O)[O-])n1. The van der Waals surface area contributed by atoms with Gasteiger partial charge in [0.25, 0.3) is 0 Å². The molecule has 0 aliphatic rings. The van der Waals surface area contributed by atoms with Crippen molar-refractivity contribution in [2.75, 3.05) is 5.73 Å². The zero-order chi connectivity index (χ0) is 14.9. The number of benzene rings is 1. The number of rotatable bonds is 3. The molecule has 10 heteroatoms. The van der Waals surface area contributed by atoms with E-state index in [9.17, 15) is 10.1 Å². The van der Waals surface area contributed by atoms with Crippen molar-refractivity contribution in [3.8, 4) is 11.6 Å². The Hall–Kier alpha value is -1.83. The number of nitro benzene ring substituents is 1. The van der Waals surface area contributed by atoms with Gasteiger partial charge in [0.1, 0.15) is 5.15 Å². The fourth-order valence-electron chi connectivity index (χ4n) is 1.32. The van der Waals surface area contributed by atoms with Gasteiger partial charge in [0.2, 0.25) is 17.6 Å². The molecule has 0 radical (unpaired) electrons. The third-order valence-corrected chi connectivity index (χ3v) is 3.02. The van der Waals surface area contributed by atoms with Crippen LogP contribution >= 0.6 is 34.8 Å². The molecule has 1 aromatic heterocycles. The van der Waals surface area contributed by atoms with E-state index in [2.05, 4.69) is 9.97 Å². The van der Waals surface area contributed by atoms with Gasteiger partial charge in [-0.2, -0.15) is 4.98 Å². The van der Waals surface area contributed by atoms with Gasteiger partial charge in [-0.25, -0.2) is 4.98 Å². The van der Waals surface area contributed by atoms with Gasteiger partial charge >= 0.3 is 5.69 Å². The van der Waals surface area contributed by atoms with E-state index in [1.54, 1.807) is 0 Å². The molecule has 0 spiro atoms. The molecule has 0 saturated heterocycles. The average Bonchev–Trinajstić information content (AvgIpc) is 2.31. The van der Waals surface area contributed by atoms with Crippen molar-refractivity contribution < 1.29 is 9.66 Å². The maximum absolute atomic E-state index is 10.9. The van der Waals surface area contributed by atoms with Gasteiger partial charge in [0.05, 0.1) is 15.0 Å². The first-order valence-corrected chi connectivity index (χ1v) is 6.11. The highest BCUT2D eigenvalue weighted by Gasteiger charge is 2.20. The Morgan fingerprint density at radius 2 is 1.80 bits per heavy atom. The standard InChI is InChI=1S/C10H5Cl3N4O3/c11-4-1-6(17(18)19)7(2-5(4)12)20-9-3-8(13)15-10(14)16-9/h1-3H,(H2,14,15,16). The second kappa shape index (κ2) is 5.66. The molecule has 7 nitrogen and oxygen atoms in total. The number of nitro groups is 1. The zero-order valence-corrected chi connectivity index (χ0v) is 11.8. The smallest absolute Gasteiger partial charge is 0.313 e. The summed E-state index contributed by atoms with van der Waals surface area (Å²) in [5.41, 5.74) is 5.03. The number of nitrogens with zero attached hydrogens (tertiary/aromatic N) is 3. The highest BCUT2D eigenvalue weighted by atomic mass is 35.5. The maximum atomic E-state index is 10.9. The summed E-state index contributed by atoms with van der Waals surface area (Å²) in [6.07, 6.45) is 0. The molecule has 1 heterocycles. The molecule has 2 N–H and O–H groups in total. The zero-order valence-electron chi connectivity index (χ0n) is 9.51. The van der Waals surface area contributed by atoms with Crippen molar-refractivity contribution in [1.82, 2.24) is 9.97 Å². The fraction of sp³-hybridized carbons (Fsp3) is 0. The van der Waals surface area contributed by atoms with Crippen LogP contribution in [0, 0.1) is 10.1 Å². The van der Waals surface area contributed by atoms with E-state index < -0.39 is 4.92 Å². The molecule has 0 atom stereocenters. The molecule has 0 saturated carbocycles. The van der Waals surface area contributed by atoms with Gasteiger partial charge in [-0.15, -0.1) is 0 Å². The van der Waals surface area contributed by atoms with Crippen LogP contribution in [-0.4, -0.2) is 14.9 Å². The van der Waals surface area contributed by atoms with Crippen LogP contribution in [0.2, 0.25) is 15.2 Å². The largest absolute Gasteiger partial charge is 0.431 e. The Labute approximate surface area is 127 Å². The van der Waals surface area contributed by atoms with Crippen molar-refractivity contribution in [3.05, 3.63) is 43.5 Å². The highest BCUT2D eigenvalue weighted by Crippen LogP contribution is 2.37. The lowest BCUT2D eigenvalue weighted by Gasteiger charge is -2.07. The minimum Gasteiger partial charge on any atom is -0.431 e. The number of aromatic nitrogens is 2. The Bertz CT molecular complexity index is 675. The lowest BCUT2D eigenvalue weighted by molar-refractivity contribution is -0.385. The summed E-state index contributed by atoms with van der Waals surface area (Å²) in [6, 6.07) is 3.53. The summed E-state index contributed by atoms with van der Waals surface area (Å²) >= 11 is 17.2. The summed E-state index contributed by atoms with van der Waals surface area (Å²) in [4.78, 5) is 17.7. The molecule has 0 aliphatic heterocycles. The van der Waals surface area contributed by atoms with E-state index in [0.29, 0.717) is 0 Å². The number of anilines is 1. The van der Waals surface area contributed by atoms with E-state index >= 15 is 0 Å². The summed E-state index contributed by atoms with van der Waals surface area (Å²) < 4.78 is 5.27. The van der Waals surface area contributed by atoms with Gasteiger partial charge in [-0.05, 0) is 0 Å². The molecular weight excluding hydrogens is 330 g/mol. The van der Waals surface area contributed by atoms with E-state index in [0.717, 1.165) is 6.07 Å². The lowest BCUT2D eigenvalue weighted by Crippen LogP contribution is -1.99. The summed E-state index contributed by atoms with van der Waals surface area (Å²) in [6.45, 7) is 0. The molecular formula is C10H5Cl3N4O3. The van der Waals surface area contributed by atoms with Crippen LogP contribution in [0.3, 0.4) is 0 Å². The fourth-order valence-corrected chi connectivity index (χ4v) is 1.81. The Morgan fingerprint density at radius 3 is 2.40 bits per heavy atom. The normalized spacial score (nSPS) is 10.3. The minimum absolute atomic E-state index is 0.0333. The molecule has 20 heavy (non-hydrogen) atoms. The van der Waals surface area contributed by atoms with Gasteiger partial charge < -0.3 is 10.5 Å². The van der Waals surface area contributed by atoms with Crippen molar-refractivity contribution in [1.29, 1.82) is 0 Å². The topological polar surface area (TPSA) is 104 Å². The average molecular weight is 336 g/mol. The third kappa shape index (κ3) is 3.19. The summed E-state index contributed by atoms with van der Waals surface area (Å²) in [5.74, 6) is -0.322. The number of halogens is 3. The van der Waals surface area contributed by atoms with Crippen molar-refractivity contribution >= 4 is 46.4 Å². The molecule has 0 amide bonds. The Morgan fingerprint density at radius 1 is 1.15 bits per heavy atom. The molecule has 0 bridgehead atoms. The van der Waals surface area contributed by atoms with E-state index in [4.69, 9.17) is 45.3 Å². The molecule has 0 unspecified atom stereocenters. The first-order valence-electron chi connectivity index (χ1n) is 4.98. The van der Waals surface area contributed by atoms with E-state index in [-0.39, 0.29) is 38.5 Å². The monoisotopic (exact) mass is 334 g/mol. The first kappa shape index (κ1) is 14.6. The van der Waals surface area contributed by atoms with Gasteiger partial charge in [-0.3, -0.25) is 10.1 Å². The second-order valence-electron chi connectivity index (χ2n) is 3.48. The molecule has 1 aromatic carbocycles. The van der Waals surface area contributed by atoms with Crippen LogP contribution in [0.5, 0.6) is 11.6 Å². The molecule has 104 valence electrons. The first-order chi connectivity index (χ1) is 9.36. The van der Waals surface area contributed by atoms with Gasteiger partial charge in [0, 0.05) is 18.2 Å². The number of nitrogen functional groups attached to an aromatic ring is 1. The van der Waals surface area contributed by atoms with Crippen molar-refractivity contribution in [2.24, 2.45) is 0 Å². The molecule has 2 rings (SSSR count). The van der Waals surface area contributed by atoms with Crippen LogP contribution in [0.1, 0.15) is 0 Å². The van der Waals surface area contributed by atoms with E-state index in [1.165, 1.54) is 12.1 Å². The number of hydrogen-bond donors (Lipinski definition) is 1. The maximum Gasteiger partial charge on any atom is 0.313 e. The quantitative estimate of drug-likeness (QED) is 0.521. The van der Waals surface area contributed by atoms with Crippen LogP contribution in [-0.2, 0) is 0 Å². The second-order valence-corrected chi connectivity index (χ2v) is 4.68. The van der Waals surface area contributed by atoms with Crippen molar-refractivity contribution in [3.63, 3.8) is 0 Å². The lowest BCUT2D eigenvalue weighted by atomic mass is 10.3. The van der Waals surface area contributed by atoms with Crippen LogP contribution in [0.15, 0.2) is 18.2 Å². The highest BCUT2D eigenvalue weighted by molar-refractivity contribution is 6.42.